The second-order valence-corrected chi connectivity index (χ2v) is 8.90. The van der Waals surface area contributed by atoms with Crippen LogP contribution in [0.2, 0.25) is 0 Å². The zero-order chi connectivity index (χ0) is 24.2. The van der Waals surface area contributed by atoms with E-state index in [1.54, 1.807) is 9.47 Å². The van der Waals surface area contributed by atoms with Gasteiger partial charge in [0.15, 0.2) is 0 Å². The number of benzene rings is 1. The van der Waals surface area contributed by atoms with Gasteiger partial charge < -0.3 is 18.9 Å². The van der Waals surface area contributed by atoms with Crippen molar-refractivity contribution in [3.8, 4) is 5.75 Å². The van der Waals surface area contributed by atoms with Crippen LogP contribution in [0.5, 0.6) is 5.75 Å². The summed E-state index contributed by atoms with van der Waals surface area (Å²) in [7, 11) is 2.80. The fourth-order valence-corrected chi connectivity index (χ4v) is 5.02. The minimum absolute atomic E-state index is 0.177. The predicted molar refractivity (Wildman–Crippen MR) is 128 cm³/mol. The third-order valence-corrected chi connectivity index (χ3v) is 6.94. The number of carbonyl (C=O) groups is 2. The lowest BCUT2D eigenvalue weighted by Crippen LogP contribution is -2.42. The average molecular weight is 468 g/mol. The Hall–Kier alpha value is -3.13. The lowest BCUT2D eigenvalue weighted by atomic mass is 10.1. The number of nitrogens with zero attached hydrogens (tertiary/aromatic N) is 3. The molecule has 3 heterocycles. The number of rotatable bonds is 6. The molecule has 2 aliphatic heterocycles. The van der Waals surface area contributed by atoms with Crippen LogP contribution < -0.4 is 10.3 Å². The second-order valence-electron chi connectivity index (χ2n) is 8.90. The second kappa shape index (κ2) is 10.4. The highest BCUT2D eigenvalue weighted by molar-refractivity contribution is 6.00. The highest BCUT2D eigenvalue weighted by Gasteiger charge is 2.38. The summed E-state index contributed by atoms with van der Waals surface area (Å²) in [6.07, 6.45) is 2.85. The molecule has 2 aromatic rings. The summed E-state index contributed by atoms with van der Waals surface area (Å²) in [5.74, 6) is -0.429. The van der Waals surface area contributed by atoms with Crippen molar-refractivity contribution >= 4 is 11.9 Å². The molecule has 0 saturated carbocycles. The fourth-order valence-electron chi connectivity index (χ4n) is 5.02. The van der Waals surface area contributed by atoms with E-state index >= 15 is 0 Å². The van der Waals surface area contributed by atoms with Crippen LogP contribution in [-0.4, -0.2) is 66.1 Å². The van der Waals surface area contributed by atoms with E-state index in [0.29, 0.717) is 50.3 Å². The third-order valence-electron chi connectivity index (χ3n) is 6.94. The molecule has 1 aromatic carbocycles. The SMILES string of the molecule is CCc1ccc(CN2CCc3c(C(=O)N4CCC[C@H]4C(=O)OC)c(OC)cc(=O)n3CC2)cc1. The molecule has 2 aliphatic rings. The van der Waals surface area contributed by atoms with E-state index in [9.17, 15) is 14.4 Å². The number of methoxy groups -OCH3 is 2. The summed E-state index contributed by atoms with van der Waals surface area (Å²) in [5, 5.41) is 0. The zero-order valence-corrected chi connectivity index (χ0v) is 20.2. The number of amides is 1. The fraction of sp³-hybridized carbons (Fsp3) is 0.500. The van der Waals surface area contributed by atoms with E-state index in [4.69, 9.17) is 9.47 Å². The Kier molecular flexibility index (Phi) is 7.36. The van der Waals surface area contributed by atoms with Gasteiger partial charge in [-0.05, 0) is 30.4 Å². The number of esters is 1. The molecular weight excluding hydrogens is 434 g/mol. The topological polar surface area (TPSA) is 81.1 Å². The monoisotopic (exact) mass is 467 g/mol. The molecule has 4 rings (SSSR count). The minimum atomic E-state index is -0.608. The normalized spacial score (nSPS) is 18.3. The zero-order valence-electron chi connectivity index (χ0n) is 20.2. The van der Waals surface area contributed by atoms with Gasteiger partial charge in [-0.3, -0.25) is 14.5 Å². The summed E-state index contributed by atoms with van der Waals surface area (Å²) in [6.45, 7) is 5.30. The van der Waals surface area contributed by atoms with Gasteiger partial charge >= 0.3 is 5.97 Å². The van der Waals surface area contributed by atoms with Crippen LogP contribution in [0, 0.1) is 0 Å². The van der Waals surface area contributed by atoms with E-state index in [0.717, 1.165) is 19.4 Å². The van der Waals surface area contributed by atoms with Gasteiger partial charge in [0.2, 0.25) is 0 Å². The Morgan fingerprint density at radius 3 is 2.44 bits per heavy atom. The number of carbonyl (C=O) groups excluding carboxylic acids is 2. The van der Waals surface area contributed by atoms with Crippen molar-refractivity contribution in [3.05, 3.63) is 63.1 Å². The average Bonchev–Trinajstić information content (AvgIpc) is 3.26. The third kappa shape index (κ3) is 4.73. The number of aryl methyl sites for hydroxylation is 1. The summed E-state index contributed by atoms with van der Waals surface area (Å²) >= 11 is 0. The first kappa shape index (κ1) is 24.0. The Balaban J connectivity index is 1.62. The van der Waals surface area contributed by atoms with E-state index in [-0.39, 0.29) is 17.2 Å². The van der Waals surface area contributed by atoms with Crippen LogP contribution in [0.1, 0.15) is 46.9 Å². The molecular formula is C26H33N3O5. The van der Waals surface area contributed by atoms with Crippen LogP contribution in [0.15, 0.2) is 35.1 Å². The van der Waals surface area contributed by atoms with Crippen LogP contribution >= 0.6 is 0 Å². The van der Waals surface area contributed by atoms with Crippen molar-refractivity contribution in [1.29, 1.82) is 0 Å². The Morgan fingerprint density at radius 1 is 1.03 bits per heavy atom. The van der Waals surface area contributed by atoms with E-state index < -0.39 is 12.0 Å². The van der Waals surface area contributed by atoms with Gasteiger partial charge in [0.05, 0.1) is 14.2 Å². The maximum Gasteiger partial charge on any atom is 0.328 e. The number of ether oxygens (including phenoxy) is 2. The highest BCUT2D eigenvalue weighted by atomic mass is 16.5. The predicted octanol–water partition coefficient (Wildman–Crippen LogP) is 2.26. The first-order valence-electron chi connectivity index (χ1n) is 12.0. The van der Waals surface area contributed by atoms with Crippen molar-refractivity contribution in [1.82, 2.24) is 14.4 Å². The van der Waals surface area contributed by atoms with Gasteiger partial charge in [-0.25, -0.2) is 4.79 Å². The van der Waals surface area contributed by atoms with Gasteiger partial charge in [-0.1, -0.05) is 31.2 Å². The summed E-state index contributed by atoms with van der Waals surface area (Å²) in [5.41, 5.74) is 3.41. The summed E-state index contributed by atoms with van der Waals surface area (Å²) in [4.78, 5) is 42.7. The number of hydrogen-bond acceptors (Lipinski definition) is 6. The van der Waals surface area contributed by atoms with E-state index in [1.807, 2.05) is 0 Å². The van der Waals surface area contributed by atoms with Gasteiger partial charge in [-0.15, -0.1) is 0 Å². The van der Waals surface area contributed by atoms with Crippen molar-refractivity contribution in [2.24, 2.45) is 0 Å². The quantitative estimate of drug-likeness (QED) is 0.607. The standard InChI is InChI=1S/C26H33N3O5/c1-4-18-7-9-19(10-8-18)17-27-13-11-20-24(22(33-2)16-23(30)28(20)15-14-27)25(31)29-12-5-6-21(29)26(32)34-3/h7-10,16,21H,4-6,11-15,17H2,1-3H3/t21-/m0/s1. The number of fused-ring (bicyclic) bond motifs is 1. The molecule has 1 amide bonds. The molecule has 0 radical (unpaired) electrons. The molecule has 1 fully saturated rings. The van der Waals surface area contributed by atoms with Crippen LogP contribution in [0.3, 0.4) is 0 Å². The molecule has 1 aromatic heterocycles. The smallest absolute Gasteiger partial charge is 0.328 e. The Labute approximate surface area is 200 Å². The molecule has 0 aliphatic carbocycles. The first-order valence-corrected chi connectivity index (χ1v) is 12.0. The van der Waals surface area contributed by atoms with E-state index in [1.165, 1.54) is 31.4 Å². The molecule has 8 nitrogen and oxygen atoms in total. The first-order chi connectivity index (χ1) is 16.5. The van der Waals surface area contributed by atoms with Gasteiger partial charge in [-0.2, -0.15) is 0 Å². The Morgan fingerprint density at radius 2 is 1.76 bits per heavy atom. The van der Waals surface area contributed by atoms with Crippen LogP contribution in [-0.2, 0) is 35.5 Å². The largest absolute Gasteiger partial charge is 0.496 e. The van der Waals surface area contributed by atoms with Gasteiger partial charge in [0, 0.05) is 50.9 Å². The highest BCUT2D eigenvalue weighted by Crippen LogP contribution is 2.28. The molecule has 0 unspecified atom stereocenters. The lowest BCUT2D eigenvalue weighted by Gasteiger charge is -2.25. The Bertz CT molecular complexity index is 1110. The molecule has 0 spiro atoms. The maximum absolute atomic E-state index is 13.7. The number of pyridine rings is 1. The van der Waals surface area contributed by atoms with Crippen molar-refractivity contribution in [2.45, 2.75) is 51.7 Å². The minimum Gasteiger partial charge on any atom is -0.496 e. The molecule has 8 heteroatoms. The maximum atomic E-state index is 13.7. The molecule has 1 atom stereocenters. The summed E-state index contributed by atoms with van der Waals surface area (Å²) in [6, 6.07) is 9.40. The lowest BCUT2D eigenvalue weighted by molar-refractivity contribution is -0.145. The molecule has 34 heavy (non-hydrogen) atoms. The number of aromatic nitrogens is 1. The van der Waals surface area contributed by atoms with E-state index in [2.05, 4.69) is 36.1 Å². The van der Waals surface area contributed by atoms with Gasteiger partial charge in [0.1, 0.15) is 17.4 Å². The van der Waals surface area contributed by atoms with Crippen LogP contribution in [0.25, 0.3) is 0 Å². The van der Waals surface area contributed by atoms with Crippen molar-refractivity contribution in [2.75, 3.05) is 33.9 Å². The van der Waals surface area contributed by atoms with Crippen molar-refractivity contribution in [3.63, 3.8) is 0 Å². The number of hydrogen-bond donors (Lipinski definition) is 0. The molecule has 0 bridgehead atoms. The van der Waals surface area contributed by atoms with Crippen molar-refractivity contribution < 1.29 is 19.1 Å². The molecule has 182 valence electrons. The van der Waals surface area contributed by atoms with Gasteiger partial charge in [0.25, 0.3) is 11.5 Å². The molecule has 1 saturated heterocycles. The van der Waals surface area contributed by atoms with Crippen LogP contribution in [0.4, 0.5) is 0 Å². The molecule has 0 N–H and O–H groups in total. The summed E-state index contributed by atoms with van der Waals surface area (Å²) < 4.78 is 12.1. The number of likely N-dealkylation sites (tertiary alicyclic amines) is 1.